The zero-order valence-corrected chi connectivity index (χ0v) is 19.5. The van der Waals surface area contributed by atoms with E-state index >= 15 is 0 Å². The Kier molecular flexibility index (Phi) is 9.69. The first-order valence-corrected chi connectivity index (χ1v) is 10.6. The standard InChI is InChI=1S/C24H31ClN2O4/c1-6-27(7-2)21(18-9-8-10-19(15-18)29-3)16-26-23(28)12-11-17-13-20(25)24(31-5)22(14-17)30-4/h8-15,21H,6-7,16H2,1-5H3,(H,26,28)/b12-11+. The molecule has 6 nitrogen and oxygen atoms in total. The predicted molar refractivity (Wildman–Crippen MR) is 125 cm³/mol. The van der Waals surface area contributed by atoms with Crippen molar-refractivity contribution in [3.63, 3.8) is 0 Å². The van der Waals surface area contributed by atoms with Crippen molar-refractivity contribution in [3.8, 4) is 17.2 Å². The molecule has 1 amide bonds. The summed E-state index contributed by atoms with van der Waals surface area (Å²) in [5, 5.41) is 3.42. The van der Waals surface area contributed by atoms with Crippen LogP contribution in [0.4, 0.5) is 0 Å². The summed E-state index contributed by atoms with van der Waals surface area (Å²) in [6, 6.07) is 11.5. The molecule has 0 radical (unpaired) electrons. The molecular formula is C24H31ClN2O4. The van der Waals surface area contributed by atoms with Gasteiger partial charge in [0.15, 0.2) is 11.5 Å². The van der Waals surface area contributed by atoms with E-state index in [1.165, 1.54) is 13.2 Å². The molecule has 0 saturated carbocycles. The molecule has 2 aromatic rings. The predicted octanol–water partition coefficient (Wildman–Crippen LogP) is 4.58. The third kappa shape index (κ3) is 6.64. The zero-order valence-electron chi connectivity index (χ0n) is 18.8. The number of hydrogen-bond donors (Lipinski definition) is 1. The van der Waals surface area contributed by atoms with Gasteiger partial charge in [-0.2, -0.15) is 0 Å². The Morgan fingerprint density at radius 2 is 1.84 bits per heavy atom. The van der Waals surface area contributed by atoms with E-state index in [2.05, 4.69) is 30.1 Å². The van der Waals surface area contributed by atoms with Crippen LogP contribution < -0.4 is 19.5 Å². The SMILES string of the molecule is CCN(CC)C(CNC(=O)/C=C/c1cc(Cl)c(OC)c(OC)c1)c1cccc(OC)c1. The molecule has 0 aliphatic rings. The molecule has 0 fully saturated rings. The number of ether oxygens (including phenoxy) is 3. The number of carbonyl (C=O) groups is 1. The second-order valence-electron chi connectivity index (χ2n) is 6.83. The zero-order chi connectivity index (χ0) is 22.8. The molecule has 2 rings (SSSR count). The van der Waals surface area contributed by atoms with Crippen molar-refractivity contribution in [2.24, 2.45) is 0 Å². The number of halogens is 1. The van der Waals surface area contributed by atoms with Gasteiger partial charge >= 0.3 is 0 Å². The lowest BCUT2D eigenvalue weighted by atomic mass is 10.0. The van der Waals surface area contributed by atoms with Crippen LogP contribution in [0.5, 0.6) is 17.2 Å². The van der Waals surface area contributed by atoms with E-state index in [4.69, 9.17) is 25.8 Å². The minimum atomic E-state index is -0.189. The van der Waals surface area contributed by atoms with Crippen molar-refractivity contribution in [1.82, 2.24) is 10.2 Å². The van der Waals surface area contributed by atoms with Crippen LogP contribution in [-0.2, 0) is 4.79 Å². The van der Waals surface area contributed by atoms with Crippen LogP contribution in [0.15, 0.2) is 42.5 Å². The maximum absolute atomic E-state index is 12.5. The number of rotatable bonds is 11. The molecule has 31 heavy (non-hydrogen) atoms. The summed E-state index contributed by atoms with van der Waals surface area (Å²) in [4.78, 5) is 14.8. The van der Waals surface area contributed by atoms with Crippen molar-refractivity contribution in [1.29, 1.82) is 0 Å². The first-order chi connectivity index (χ1) is 15.0. The van der Waals surface area contributed by atoms with Crippen LogP contribution in [0.3, 0.4) is 0 Å². The monoisotopic (exact) mass is 446 g/mol. The van der Waals surface area contributed by atoms with E-state index in [1.807, 2.05) is 18.2 Å². The molecule has 0 saturated heterocycles. The molecule has 7 heteroatoms. The van der Waals surface area contributed by atoms with Gasteiger partial charge in [-0.05, 0) is 54.6 Å². The third-order valence-corrected chi connectivity index (χ3v) is 5.37. The van der Waals surface area contributed by atoms with Crippen LogP contribution in [0.25, 0.3) is 6.08 Å². The Morgan fingerprint density at radius 3 is 2.45 bits per heavy atom. The van der Waals surface area contributed by atoms with E-state index in [9.17, 15) is 4.79 Å². The summed E-state index contributed by atoms with van der Waals surface area (Å²) < 4.78 is 15.9. The van der Waals surface area contributed by atoms with Crippen molar-refractivity contribution in [2.45, 2.75) is 19.9 Å². The number of benzene rings is 2. The summed E-state index contributed by atoms with van der Waals surface area (Å²) in [7, 11) is 4.72. The number of hydrogen-bond acceptors (Lipinski definition) is 5. The van der Waals surface area contributed by atoms with Crippen molar-refractivity contribution >= 4 is 23.6 Å². The van der Waals surface area contributed by atoms with Gasteiger partial charge in [0, 0.05) is 12.6 Å². The van der Waals surface area contributed by atoms with Crippen LogP contribution in [0.1, 0.15) is 31.0 Å². The highest BCUT2D eigenvalue weighted by Crippen LogP contribution is 2.36. The minimum absolute atomic E-state index is 0.0398. The van der Waals surface area contributed by atoms with Crippen LogP contribution in [0, 0.1) is 0 Å². The lowest BCUT2D eigenvalue weighted by molar-refractivity contribution is -0.116. The Morgan fingerprint density at radius 1 is 1.10 bits per heavy atom. The van der Waals surface area contributed by atoms with Gasteiger partial charge in [-0.1, -0.05) is 37.6 Å². The average Bonchev–Trinajstić information content (AvgIpc) is 2.79. The number of methoxy groups -OCH3 is 3. The fraction of sp³-hybridized carbons (Fsp3) is 0.375. The van der Waals surface area contributed by atoms with Crippen LogP contribution in [-0.4, -0.2) is 51.8 Å². The topological polar surface area (TPSA) is 60.0 Å². The first-order valence-electron chi connectivity index (χ1n) is 10.2. The maximum Gasteiger partial charge on any atom is 0.244 e. The Balaban J connectivity index is 2.13. The normalized spacial score (nSPS) is 12.1. The van der Waals surface area contributed by atoms with E-state index in [0.717, 1.165) is 30.0 Å². The average molecular weight is 447 g/mol. The number of likely N-dealkylation sites (N-methyl/N-ethyl adjacent to an activating group) is 1. The fourth-order valence-corrected chi connectivity index (χ4v) is 3.73. The summed E-state index contributed by atoms with van der Waals surface area (Å²) in [6.45, 7) is 6.44. The van der Waals surface area contributed by atoms with Crippen molar-refractivity contribution in [3.05, 3.63) is 58.6 Å². The fourth-order valence-electron chi connectivity index (χ4n) is 3.43. The highest BCUT2D eigenvalue weighted by molar-refractivity contribution is 6.32. The second-order valence-corrected chi connectivity index (χ2v) is 7.24. The van der Waals surface area contributed by atoms with Crippen molar-refractivity contribution in [2.75, 3.05) is 41.0 Å². The minimum Gasteiger partial charge on any atom is -0.497 e. The van der Waals surface area contributed by atoms with E-state index < -0.39 is 0 Å². The molecular weight excluding hydrogens is 416 g/mol. The molecule has 168 valence electrons. The van der Waals surface area contributed by atoms with Gasteiger partial charge in [-0.15, -0.1) is 0 Å². The van der Waals surface area contributed by atoms with Crippen LogP contribution in [0.2, 0.25) is 5.02 Å². The van der Waals surface area contributed by atoms with Gasteiger partial charge in [-0.25, -0.2) is 0 Å². The molecule has 0 aliphatic heterocycles. The molecule has 1 unspecified atom stereocenters. The van der Waals surface area contributed by atoms with Gasteiger partial charge in [0.25, 0.3) is 0 Å². The quantitative estimate of drug-likeness (QED) is 0.512. The molecule has 0 heterocycles. The summed E-state index contributed by atoms with van der Waals surface area (Å²) in [5.74, 6) is 1.58. The third-order valence-electron chi connectivity index (χ3n) is 5.08. The van der Waals surface area contributed by atoms with Gasteiger partial charge in [0.1, 0.15) is 5.75 Å². The summed E-state index contributed by atoms with van der Waals surface area (Å²) in [5.41, 5.74) is 1.84. The van der Waals surface area contributed by atoms with E-state index in [-0.39, 0.29) is 11.9 Å². The maximum atomic E-state index is 12.5. The number of carbonyl (C=O) groups excluding carboxylic acids is 1. The number of nitrogens with zero attached hydrogens (tertiary/aromatic N) is 1. The highest BCUT2D eigenvalue weighted by Gasteiger charge is 2.19. The lowest BCUT2D eigenvalue weighted by Crippen LogP contribution is -2.37. The van der Waals surface area contributed by atoms with E-state index in [0.29, 0.717) is 23.1 Å². The largest absolute Gasteiger partial charge is 0.497 e. The highest BCUT2D eigenvalue weighted by atomic mass is 35.5. The molecule has 2 aromatic carbocycles. The Labute approximate surface area is 189 Å². The van der Waals surface area contributed by atoms with E-state index in [1.54, 1.807) is 32.4 Å². The first kappa shape index (κ1) is 24.6. The van der Waals surface area contributed by atoms with Gasteiger partial charge in [0.2, 0.25) is 5.91 Å². The molecule has 1 N–H and O–H groups in total. The van der Waals surface area contributed by atoms with Crippen molar-refractivity contribution < 1.29 is 19.0 Å². The van der Waals surface area contributed by atoms with Gasteiger partial charge in [-0.3, -0.25) is 9.69 Å². The molecule has 0 spiro atoms. The van der Waals surface area contributed by atoms with Crippen LogP contribution >= 0.6 is 11.6 Å². The van der Waals surface area contributed by atoms with Gasteiger partial charge in [0.05, 0.1) is 32.4 Å². The summed E-state index contributed by atoms with van der Waals surface area (Å²) >= 11 is 6.24. The Hall–Kier alpha value is -2.70. The Bertz CT molecular complexity index is 897. The second kappa shape index (κ2) is 12.2. The number of nitrogens with one attached hydrogen (secondary N) is 1. The number of amides is 1. The van der Waals surface area contributed by atoms with Gasteiger partial charge < -0.3 is 19.5 Å². The molecule has 0 bridgehead atoms. The molecule has 1 atom stereocenters. The lowest BCUT2D eigenvalue weighted by Gasteiger charge is -2.30. The molecule has 0 aliphatic carbocycles. The molecule has 0 aromatic heterocycles. The summed E-state index contributed by atoms with van der Waals surface area (Å²) in [6.07, 6.45) is 3.18. The smallest absolute Gasteiger partial charge is 0.244 e.